The zero-order valence-corrected chi connectivity index (χ0v) is 16.6. The molecule has 0 amide bonds. The SMILES string of the molecule is CCCN(C)C.C[C@H](COc1cccc2ccccc12)c1cccs1. The van der Waals surface area contributed by atoms with E-state index in [1.165, 1.54) is 28.6 Å². The summed E-state index contributed by atoms with van der Waals surface area (Å²) in [6.45, 7) is 6.31. The number of rotatable bonds is 6. The highest BCUT2D eigenvalue weighted by atomic mass is 32.1. The van der Waals surface area contributed by atoms with Gasteiger partial charge in [-0.2, -0.15) is 0 Å². The second kappa shape index (κ2) is 10.2. The zero-order chi connectivity index (χ0) is 18.1. The van der Waals surface area contributed by atoms with Crippen LogP contribution >= 0.6 is 11.3 Å². The fraction of sp³-hybridized carbons (Fsp3) is 0.364. The van der Waals surface area contributed by atoms with Gasteiger partial charge in [0.05, 0.1) is 6.61 Å². The summed E-state index contributed by atoms with van der Waals surface area (Å²) in [6.07, 6.45) is 1.26. The van der Waals surface area contributed by atoms with Crippen LogP contribution in [0.25, 0.3) is 10.8 Å². The molecule has 1 heterocycles. The second-order valence-corrected chi connectivity index (χ2v) is 7.49. The van der Waals surface area contributed by atoms with Crippen molar-refractivity contribution in [1.29, 1.82) is 0 Å². The fourth-order valence-corrected chi connectivity index (χ4v) is 3.41. The Bertz CT molecular complexity index is 731. The van der Waals surface area contributed by atoms with Crippen LogP contribution in [0.2, 0.25) is 0 Å². The van der Waals surface area contributed by atoms with Crippen molar-refractivity contribution in [3.8, 4) is 5.75 Å². The lowest BCUT2D eigenvalue weighted by Gasteiger charge is -2.13. The normalized spacial score (nSPS) is 11.9. The molecule has 134 valence electrons. The van der Waals surface area contributed by atoms with Gasteiger partial charge in [0, 0.05) is 16.2 Å². The molecule has 0 aliphatic rings. The monoisotopic (exact) mass is 355 g/mol. The first-order chi connectivity index (χ1) is 12.1. The van der Waals surface area contributed by atoms with Gasteiger partial charge in [-0.3, -0.25) is 0 Å². The van der Waals surface area contributed by atoms with Crippen molar-refractivity contribution in [2.45, 2.75) is 26.2 Å². The molecule has 25 heavy (non-hydrogen) atoms. The summed E-state index contributed by atoms with van der Waals surface area (Å²) in [5.74, 6) is 1.40. The molecular weight excluding hydrogens is 326 g/mol. The van der Waals surface area contributed by atoms with Gasteiger partial charge >= 0.3 is 0 Å². The van der Waals surface area contributed by atoms with E-state index in [-0.39, 0.29) is 0 Å². The minimum absolute atomic E-state index is 0.430. The van der Waals surface area contributed by atoms with Crippen molar-refractivity contribution in [2.24, 2.45) is 0 Å². The van der Waals surface area contributed by atoms with Crippen LogP contribution < -0.4 is 4.74 Å². The molecule has 0 aliphatic heterocycles. The van der Waals surface area contributed by atoms with Crippen LogP contribution in [0.3, 0.4) is 0 Å². The third kappa shape index (κ3) is 6.18. The van der Waals surface area contributed by atoms with E-state index in [1.54, 1.807) is 11.3 Å². The Hall–Kier alpha value is -1.84. The number of benzene rings is 2. The highest BCUT2D eigenvalue weighted by molar-refractivity contribution is 7.10. The summed E-state index contributed by atoms with van der Waals surface area (Å²) in [6, 6.07) is 18.8. The number of fused-ring (bicyclic) bond motifs is 1. The van der Waals surface area contributed by atoms with Crippen LogP contribution in [0.5, 0.6) is 5.75 Å². The molecule has 3 heteroatoms. The first kappa shape index (κ1) is 19.5. The van der Waals surface area contributed by atoms with E-state index in [2.05, 4.69) is 80.7 Å². The number of hydrogen-bond donors (Lipinski definition) is 0. The van der Waals surface area contributed by atoms with Crippen LogP contribution in [0.15, 0.2) is 60.0 Å². The van der Waals surface area contributed by atoms with E-state index in [1.807, 2.05) is 12.1 Å². The van der Waals surface area contributed by atoms with Gasteiger partial charge in [-0.1, -0.05) is 56.3 Å². The van der Waals surface area contributed by atoms with Crippen molar-refractivity contribution < 1.29 is 4.74 Å². The molecule has 1 atom stereocenters. The van der Waals surface area contributed by atoms with Crippen LogP contribution in [0.4, 0.5) is 0 Å². The molecule has 0 aliphatic carbocycles. The van der Waals surface area contributed by atoms with Gasteiger partial charge in [-0.25, -0.2) is 0 Å². The van der Waals surface area contributed by atoms with E-state index in [4.69, 9.17) is 4.74 Å². The van der Waals surface area contributed by atoms with E-state index in [0.717, 1.165) is 5.75 Å². The molecule has 3 rings (SSSR count). The summed E-state index contributed by atoms with van der Waals surface area (Å²) in [5.41, 5.74) is 0. The minimum atomic E-state index is 0.430. The Labute approximate surface area is 156 Å². The van der Waals surface area contributed by atoms with Crippen LogP contribution in [-0.2, 0) is 0 Å². The van der Waals surface area contributed by atoms with Gasteiger partial charge < -0.3 is 9.64 Å². The Kier molecular flexibility index (Phi) is 7.96. The van der Waals surface area contributed by atoms with Crippen molar-refractivity contribution in [2.75, 3.05) is 27.2 Å². The Morgan fingerprint density at radius 1 is 1.00 bits per heavy atom. The lowest BCUT2D eigenvalue weighted by atomic mass is 10.1. The summed E-state index contributed by atoms with van der Waals surface area (Å²) >= 11 is 1.79. The zero-order valence-electron chi connectivity index (χ0n) is 15.7. The molecular formula is C22H29NOS. The number of hydrogen-bond acceptors (Lipinski definition) is 3. The molecule has 0 spiro atoms. The van der Waals surface area contributed by atoms with Crippen molar-refractivity contribution in [3.63, 3.8) is 0 Å². The Balaban J connectivity index is 0.000000326. The van der Waals surface area contributed by atoms with Crippen LogP contribution in [0.1, 0.15) is 31.1 Å². The van der Waals surface area contributed by atoms with Gasteiger partial charge in [0.1, 0.15) is 5.75 Å². The fourth-order valence-electron chi connectivity index (χ4n) is 2.64. The lowest BCUT2D eigenvalue weighted by Crippen LogP contribution is -2.11. The first-order valence-electron chi connectivity index (χ1n) is 8.90. The van der Waals surface area contributed by atoms with E-state index < -0.39 is 0 Å². The summed E-state index contributed by atoms with van der Waals surface area (Å²) in [5, 5.41) is 4.52. The number of thiophene rings is 1. The Morgan fingerprint density at radius 2 is 1.76 bits per heavy atom. The van der Waals surface area contributed by atoms with E-state index >= 15 is 0 Å². The third-order valence-electron chi connectivity index (χ3n) is 3.94. The molecule has 3 aromatic rings. The van der Waals surface area contributed by atoms with Crippen molar-refractivity contribution in [3.05, 3.63) is 64.9 Å². The topological polar surface area (TPSA) is 12.5 Å². The quantitative estimate of drug-likeness (QED) is 0.534. The molecule has 0 radical (unpaired) electrons. The maximum absolute atomic E-state index is 6.01. The molecule has 0 saturated heterocycles. The minimum Gasteiger partial charge on any atom is -0.492 e. The van der Waals surface area contributed by atoms with Gasteiger partial charge in [-0.05, 0) is 50.0 Å². The smallest absolute Gasteiger partial charge is 0.127 e. The second-order valence-electron chi connectivity index (χ2n) is 6.51. The summed E-state index contributed by atoms with van der Waals surface area (Å²) < 4.78 is 6.01. The summed E-state index contributed by atoms with van der Waals surface area (Å²) in [7, 11) is 4.17. The van der Waals surface area contributed by atoms with Gasteiger partial charge in [-0.15, -0.1) is 11.3 Å². The highest BCUT2D eigenvalue weighted by Crippen LogP contribution is 2.27. The molecule has 1 aromatic heterocycles. The standard InChI is InChI=1S/C17H16OS.C5H13N/c1-13(17-10-5-11-19-17)12-18-16-9-4-7-14-6-2-3-8-15(14)16;1-4-5-6(2)3/h2-11,13H,12H2,1H3;4-5H2,1-3H3/t13-;/m1./s1. The van der Waals surface area contributed by atoms with Crippen LogP contribution in [-0.4, -0.2) is 32.1 Å². The van der Waals surface area contributed by atoms with Crippen molar-refractivity contribution >= 4 is 22.1 Å². The van der Waals surface area contributed by atoms with E-state index in [9.17, 15) is 0 Å². The molecule has 2 aromatic carbocycles. The van der Waals surface area contributed by atoms with Gasteiger partial charge in [0.25, 0.3) is 0 Å². The lowest BCUT2D eigenvalue weighted by molar-refractivity contribution is 0.301. The molecule has 0 fully saturated rings. The van der Waals surface area contributed by atoms with Gasteiger partial charge in [0.15, 0.2) is 0 Å². The maximum Gasteiger partial charge on any atom is 0.127 e. The maximum atomic E-state index is 6.01. The van der Waals surface area contributed by atoms with E-state index in [0.29, 0.717) is 12.5 Å². The molecule has 0 unspecified atom stereocenters. The summed E-state index contributed by atoms with van der Waals surface area (Å²) in [4.78, 5) is 3.56. The number of nitrogens with zero attached hydrogens (tertiary/aromatic N) is 1. The van der Waals surface area contributed by atoms with Gasteiger partial charge in [0.2, 0.25) is 0 Å². The van der Waals surface area contributed by atoms with Crippen molar-refractivity contribution in [1.82, 2.24) is 4.90 Å². The Morgan fingerprint density at radius 3 is 2.40 bits per heavy atom. The largest absolute Gasteiger partial charge is 0.492 e. The average Bonchev–Trinajstić information content (AvgIpc) is 3.15. The molecule has 0 bridgehead atoms. The predicted octanol–water partition coefficient (Wildman–Crippen LogP) is 6.04. The first-order valence-corrected chi connectivity index (χ1v) is 9.78. The average molecular weight is 356 g/mol. The predicted molar refractivity (Wildman–Crippen MR) is 111 cm³/mol. The third-order valence-corrected chi connectivity index (χ3v) is 5.04. The van der Waals surface area contributed by atoms with Crippen LogP contribution in [0, 0.1) is 0 Å². The molecule has 0 N–H and O–H groups in total. The number of ether oxygens (including phenoxy) is 1. The molecule has 2 nitrogen and oxygen atoms in total. The molecule has 0 saturated carbocycles. The highest BCUT2D eigenvalue weighted by Gasteiger charge is 2.08.